The van der Waals surface area contributed by atoms with E-state index in [1.807, 2.05) is 54.6 Å². The molecule has 148 valence electrons. The van der Waals surface area contributed by atoms with Crippen LogP contribution in [0.4, 0.5) is 5.69 Å². The lowest BCUT2D eigenvalue weighted by Crippen LogP contribution is -2.32. The number of amides is 2. The predicted molar refractivity (Wildman–Crippen MR) is 107 cm³/mol. The van der Waals surface area contributed by atoms with Gasteiger partial charge in [0.25, 0.3) is 0 Å². The van der Waals surface area contributed by atoms with Crippen molar-refractivity contribution < 1.29 is 18.8 Å². The first-order valence-electron chi connectivity index (χ1n) is 9.37. The smallest absolute Gasteiger partial charge is 0.227 e. The molecule has 0 aliphatic carbocycles. The topological polar surface area (TPSA) is 84.7 Å². The van der Waals surface area contributed by atoms with Gasteiger partial charge in [0.2, 0.25) is 11.8 Å². The highest BCUT2D eigenvalue weighted by atomic mass is 16.5. The number of methoxy groups -OCH3 is 1. The summed E-state index contributed by atoms with van der Waals surface area (Å²) in [5, 5.41) is 6.87. The number of anilines is 1. The van der Waals surface area contributed by atoms with Crippen LogP contribution in [-0.4, -0.2) is 30.6 Å². The van der Waals surface area contributed by atoms with Crippen molar-refractivity contribution in [1.82, 2.24) is 10.5 Å². The molecule has 1 N–H and O–H groups in total. The second kappa shape index (κ2) is 8.18. The Morgan fingerprint density at radius 1 is 1.21 bits per heavy atom. The van der Waals surface area contributed by atoms with Gasteiger partial charge in [-0.1, -0.05) is 35.5 Å². The van der Waals surface area contributed by atoms with Gasteiger partial charge in [0.1, 0.15) is 11.4 Å². The van der Waals surface area contributed by atoms with E-state index in [1.54, 1.807) is 18.1 Å². The Labute approximate surface area is 168 Å². The largest absolute Gasteiger partial charge is 0.497 e. The van der Waals surface area contributed by atoms with Crippen LogP contribution in [-0.2, 0) is 16.1 Å². The molecule has 0 spiro atoms. The van der Waals surface area contributed by atoms with Gasteiger partial charge in [0, 0.05) is 30.3 Å². The molecular weight excluding hydrogens is 370 g/mol. The summed E-state index contributed by atoms with van der Waals surface area (Å²) in [5.41, 5.74) is 2.27. The van der Waals surface area contributed by atoms with E-state index in [1.165, 1.54) is 0 Å². The number of para-hydroxylation sites is 1. The summed E-state index contributed by atoms with van der Waals surface area (Å²) < 4.78 is 10.6. The Morgan fingerprint density at radius 2 is 2.03 bits per heavy atom. The Balaban J connectivity index is 1.36. The van der Waals surface area contributed by atoms with E-state index in [0.29, 0.717) is 18.0 Å². The van der Waals surface area contributed by atoms with E-state index in [4.69, 9.17) is 9.26 Å². The molecule has 1 aromatic heterocycles. The number of carbonyl (C=O) groups excluding carboxylic acids is 2. The zero-order valence-electron chi connectivity index (χ0n) is 16.0. The number of hydrogen-bond acceptors (Lipinski definition) is 5. The molecule has 0 saturated carbocycles. The van der Waals surface area contributed by atoms with Crippen LogP contribution in [0.1, 0.15) is 12.1 Å². The Kier molecular flexibility index (Phi) is 5.29. The number of carbonyl (C=O) groups is 2. The standard InChI is InChI=1S/C22H21N3O4/c1-28-19-9-5-6-15(10-19)20-12-17(24-29-20)13-23-22(27)16-11-21(26)25(14-16)18-7-3-2-4-8-18/h2-10,12,16H,11,13-14H2,1H3,(H,23,27). The maximum atomic E-state index is 12.5. The van der Waals surface area contributed by atoms with Gasteiger partial charge >= 0.3 is 0 Å². The lowest BCUT2D eigenvalue weighted by Gasteiger charge is -2.16. The number of hydrogen-bond donors (Lipinski definition) is 1. The summed E-state index contributed by atoms with van der Waals surface area (Å²) in [6.07, 6.45) is 0.203. The monoisotopic (exact) mass is 391 g/mol. The third-order valence-electron chi connectivity index (χ3n) is 4.92. The highest BCUT2D eigenvalue weighted by Gasteiger charge is 2.35. The van der Waals surface area contributed by atoms with Crippen molar-refractivity contribution in [2.45, 2.75) is 13.0 Å². The van der Waals surface area contributed by atoms with E-state index in [9.17, 15) is 9.59 Å². The first kappa shape index (κ1) is 18.7. The van der Waals surface area contributed by atoms with E-state index < -0.39 is 0 Å². The molecule has 1 unspecified atom stereocenters. The minimum absolute atomic E-state index is 0.0434. The van der Waals surface area contributed by atoms with Gasteiger partial charge in [0.05, 0.1) is 19.6 Å². The van der Waals surface area contributed by atoms with E-state index >= 15 is 0 Å². The molecule has 0 radical (unpaired) electrons. The molecule has 1 aliphatic rings. The van der Waals surface area contributed by atoms with Gasteiger partial charge in [-0.05, 0) is 24.3 Å². The van der Waals surface area contributed by atoms with Crippen LogP contribution in [0.2, 0.25) is 0 Å². The normalized spacial score (nSPS) is 16.1. The molecule has 1 fully saturated rings. The first-order chi connectivity index (χ1) is 14.1. The zero-order valence-corrected chi connectivity index (χ0v) is 16.0. The number of aromatic nitrogens is 1. The van der Waals surface area contributed by atoms with Crippen molar-refractivity contribution in [2.24, 2.45) is 5.92 Å². The first-order valence-corrected chi connectivity index (χ1v) is 9.37. The summed E-state index contributed by atoms with van der Waals surface area (Å²) >= 11 is 0. The lowest BCUT2D eigenvalue weighted by atomic mass is 10.1. The number of nitrogens with one attached hydrogen (secondary N) is 1. The molecule has 1 aliphatic heterocycles. The van der Waals surface area contributed by atoms with Crippen LogP contribution < -0.4 is 15.0 Å². The Morgan fingerprint density at radius 3 is 2.83 bits per heavy atom. The summed E-state index contributed by atoms with van der Waals surface area (Å²) in [5.74, 6) is 0.732. The van der Waals surface area contributed by atoms with Crippen molar-refractivity contribution in [3.05, 3.63) is 66.4 Å². The van der Waals surface area contributed by atoms with Crippen LogP contribution in [0.15, 0.2) is 65.2 Å². The van der Waals surface area contributed by atoms with E-state index in [2.05, 4.69) is 10.5 Å². The molecular formula is C22H21N3O4. The van der Waals surface area contributed by atoms with Crippen molar-refractivity contribution in [2.75, 3.05) is 18.6 Å². The van der Waals surface area contributed by atoms with E-state index in [0.717, 1.165) is 17.0 Å². The van der Waals surface area contributed by atoms with Crippen LogP contribution in [0.5, 0.6) is 5.75 Å². The number of rotatable bonds is 6. The Hall–Kier alpha value is -3.61. The van der Waals surface area contributed by atoms with E-state index in [-0.39, 0.29) is 30.7 Å². The third kappa shape index (κ3) is 4.13. The summed E-state index contributed by atoms with van der Waals surface area (Å²) in [4.78, 5) is 26.5. The second-order valence-electron chi connectivity index (χ2n) is 6.87. The molecule has 2 heterocycles. The SMILES string of the molecule is COc1cccc(-c2cc(CNC(=O)C3CC(=O)N(c4ccccc4)C3)no2)c1. The van der Waals surface area contributed by atoms with Crippen LogP contribution in [0.25, 0.3) is 11.3 Å². The molecule has 7 nitrogen and oxygen atoms in total. The highest BCUT2D eigenvalue weighted by molar-refractivity contribution is 6.00. The quantitative estimate of drug-likeness (QED) is 0.698. The van der Waals surface area contributed by atoms with Gasteiger partial charge in [-0.25, -0.2) is 0 Å². The number of ether oxygens (including phenoxy) is 1. The number of nitrogens with zero attached hydrogens (tertiary/aromatic N) is 2. The molecule has 0 bridgehead atoms. The molecule has 29 heavy (non-hydrogen) atoms. The summed E-state index contributed by atoms with van der Waals surface area (Å²) in [6.45, 7) is 0.616. The van der Waals surface area contributed by atoms with Crippen molar-refractivity contribution in [3.63, 3.8) is 0 Å². The molecule has 3 aromatic rings. The fourth-order valence-corrected chi connectivity index (χ4v) is 3.37. The van der Waals surface area contributed by atoms with Gasteiger partial charge in [-0.15, -0.1) is 0 Å². The third-order valence-corrected chi connectivity index (χ3v) is 4.92. The highest BCUT2D eigenvalue weighted by Crippen LogP contribution is 2.26. The van der Waals surface area contributed by atoms with Crippen LogP contribution in [0.3, 0.4) is 0 Å². The maximum Gasteiger partial charge on any atom is 0.227 e. The Bertz CT molecular complexity index is 1020. The van der Waals surface area contributed by atoms with Crippen LogP contribution >= 0.6 is 0 Å². The zero-order chi connectivity index (χ0) is 20.2. The minimum Gasteiger partial charge on any atom is -0.497 e. The number of benzene rings is 2. The minimum atomic E-state index is -0.382. The second-order valence-corrected chi connectivity index (χ2v) is 6.87. The maximum absolute atomic E-state index is 12.5. The fraction of sp³-hybridized carbons (Fsp3) is 0.227. The van der Waals surface area contributed by atoms with Crippen molar-refractivity contribution >= 4 is 17.5 Å². The fourth-order valence-electron chi connectivity index (χ4n) is 3.37. The average Bonchev–Trinajstić information content (AvgIpc) is 3.39. The molecule has 1 atom stereocenters. The molecule has 1 saturated heterocycles. The molecule has 2 aromatic carbocycles. The average molecular weight is 391 g/mol. The van der Waals surface area contributed by atoms with Crippen molar-refractivity contribution in [3.8, 4) is 17.1 Å². The summed E-state index contributed by atoms with van der Waals surface area (Å²) in [7, 11) is 1.60. The van der Waals surface area contributed by atoms with Gasteiger partial charge in [-0.3, -0.25) is 9.59 Å². The molecule has 4 rings (SSSR count). The van der Waals surface area contributed by atoms with Crippen LogP contribution in [0, 0.1) is 5.92 Å². The summed E-state index contributed by atoms with van der Waals surface area (Å²) in [6, 6.07) is 18.6. The predicted octanol–water partition coefficient (Wildman–Crippen LogP) is 3.02. The molecule has 7 heteroatoms. The molecule has 2 amide bonds. The van der Waals surface area contributed by atoms with Gasteiger partial charge < -0.3 is 19.5 Å². The van der Waals surface area contributed by atoms with Gasteiger partial charge in [-0.2, -0.15) is 0 Å². The van der Waals surface area contributed by atoms with Gasteiger partial charge in [0.15, 0.2) is 5.76 Å². The lowest BCUT2D eigenvalue weighted by molar-refractivity contribution is -0.126. The van der Waals surface area contributed by atoms with Crippen molar-refractivity contribution in [1.29, 1.82) is 0 Å².